The van der Waals surface area contributed by atoms with Crippen LogP contribution in [-0.4, -0.2) is 54.0 Å². The van der Waals surface area contributed by atoms with Crippen molar-refractivity contribution in [1.29, 1.82) is 0 Å². The van der Waals surface area contributed by atoms with Gasteiger partial charge in [0.05, 0.1) is 24.8 Å². The lowest BCUT2D eigenvalue weighted by Gasteiger charge is -2.20. The molecule has 0 unspecified atom stereocenters. The summed E-state index contributed by atoms with van der Waals surface area (Å²) in [6.45, 7) is 2.19. The SMILES string of the molecule is COCC[C@H](O)[C@H](C)NC(=O)c1cc(Cc2ccc(OC)nc2)c2ccccc2n1. The molecule has 2 aromatic heterocycles. The predicted molar refractivity (Wildman–Crippen MR) is 115 cm³/mol. The molecule has 2 heterocycles. The number of amides is 1. The average molecular weight is 409 g/mol. The van der Waals surface area contributed by atoms with Crippen molar-refractivity contribution < 1.29 is 19.4 Å². The van der Waals surface area contributed by atoms with Crippen LogP contribution in [-0.2, 0) is 11.2 Å². The third kappa shape index (κ3) is 5.31. The summed E-state index contributed by atoms with van der Waals surface area (Å²) in [5, 5.41) is 14.0. The zero-order chi connectivity index (χ0) is 21.5. The molecule has 2 N–H and O–H groups in total. The largest absolute Gasteiger partial charge is 0.481 e. The van der Waals surface area contributed by atoms with Crippen LogP contribution in [0.25, 0.3) is 10.9 Å². The average Bonchev–Trinajstić information content (AvgIpc) is 2.77. The van der Waals surface area contributed by atoms with Gasteiger partial charge in [-0.1, -0.05) is 24.3 Å². The van der Waals surface area contributed by atoms with Gasteiger partial charge in [0.25, 0.3) is 5.91 Å². The van der Waals surface area contributed by atoms with Crippen LogP contribution in [0.5, 0.6) is 5.88 Å². The number of aliphatic hydroxyl groups excluding tert-OH is 1. The number of para-hydroxylation sites is 1. The van der Waals surface area contributed by atoms with Crippen LogP contribution in [0.4, 0.5) is 0 Å². The van der Waals surface area contributed by atoms with Gasteiger partial charge in [-0.2, -0.15) is 0 Å². The van der Waals surface area contributed by atoms with Gasteiger partial charge in [0, 0.05) is 31.4 Å². The second kappa shape index (κ2) is 10.1. The van der Waals surface area contributed by atoms with Crippen molar-refractivity contribution in [3.05, 3.63) is 65.5 Å². The molecule has 7 heteroatoms. The van der Waals surface area contributed by atoms with Crippen molar-refractivity contribution in [1.82, 2.24) is 15.3 Å². The van der Waals surface area contributed by atoms with Crippen LogP contribution in [0.15, 0.2) is 48.7 Å². The Kier molecular flexibility index (Phi) is 7.32. The number of hydrogen-bond donors (Lipinski definition) is 2. The molecule has 0 aliphatic carbocycles. The predicted octanol–water partition coefficient (Wildman–Crippen LogP) is 2.74. The third-order valence-corrected chi connectivity index (χ3v) is 4.99. The number of aliphatic hydroxyl groups is 1. The topological polar surface area (TPSA) is 93.6 Å². The van der Waals surface area contributed by atoms with E-state index in [4.69, 9.17) is 9.47 Å². The first kappa shape index (κ1) is 21.7. The Morgan fingerprint density at radius 2 is 2.00 bits per heavy atom. The van der Waals surface area contributed by atoms with Crippen molar-refractivity contribution in [3.8, 4) is 5.88 Å². The quantitative estimate of drug-likeness (QED) is 0.564. The van der Waals surface area contributed by atoms with Crippen molar-refractivity contribution in [2.75, 3.05) is 20.8 Å². The van der Waals surface area contributed by atoms with E-state index in [1.54, 1.807) is 33.4 Å². The van der Waals surface area contributed by atoms with Gasteiger partial charge in [0.15, 0.2) is 0 Å². The van der Waals surface area contributed by atoms with E-state index in [1.807, 2.05) is 36.4 Å². The minimum atomic E-state index is -0.695. The summed E-state index contributed by atoms with van der Waals surface area (Å²) >= 11 is 0. The minimum Gasteiger partial charge on any atom is -0.481 e. The number of aromatic nitrogens is 2. The summed E-state index contributed by atoms with van der Waals surface area (Å²) < 4.78 is 10.1. The van der Waals surface area contributed by atoms with Gasteiger partial charge in [-0.15, -0.1) is 0 Å². The van der Waals surface area contributed by atoms with E-state index >= 15 is 0 Å². The first-order valence-corrected chi connectivity index (χ1v) is 9.87. The molecule has 0 aliphatic heterocycles. The molecule has 3 aromatic rings. The molecule has 1 amide bonds. The summed E-state index contributed by atoms with van der Waals surface area (Å²) in [6.07, 6.45) is 2.12. The van der Waals surface area contributed by atoms with Gasteiger partial charge in [0.1, 0.15) is 5.69 Å². The van der Waals surface area contributed by atoms with E-state index in [0.717, 1.165) is 22.0 Å². The molecule has 0 saturated heterocycles. The fourth-order valence-corrected chi connectivity index (χ4v) is 3.23. The lowest BCUT2D eigenvalue weighted by Crippen LogP contribution is -2.41. The molecule has 0 saturated carbocycles. The number of carbonyl (C=O) groups is 1. The van der Waals surface area contributed by atoms with Crippen LogP contribution in [0.1, 0.15) is 35.0 Å². The molecular weight excluding hydrogens is 382 g/mol. The smallest absolute Gasteiger partial charge is 0.270 e. The summed E-state index contributed by atoms with van der Waals surface area (Å²) in [4.78, 5) is 21.6. The van der Waals surface area contributed by atoms with Crippen molar-refractivity contribution >= 4 is 16.8 Å². The molecule has 3 rings (SSSR count). The van der Waals surface area contributed by atoms with Gasteiger partial charge in [-0.25, -0.2) is 9.97 Å². The lowest BCUT2D eigenvalue weighted by molar-refractivity contribution is 0.0723. The summed E-state index contributed by atoms with van der Waals surface area (Å²) in [7, 11) is 3.16. The highest BCUT2D eigenvalue weighted by molar-refractivity contribution is 5.96. The fraction of sp³-hybridized carbons (Fsp3) is 0.348. The van der Waals surface area contributed by atoms with E-state index in [0.29, 0.717) is 31.0 Å². The summed E-state index contributed by atoms with van der Waals surface area (Å²) in [6, 6.07) is 12.9. The molecular formula is C23H27N3O4. The number of hydrogen-bond acceptors (Lipinski definition) is 6. The fourth-order valence-electron chi connectivity index (χ4n) is 3.23. The second-order valence-electron chi connectivity index (χ2n) is 7.18. The minimum absolute atomic E-state index is 0.316. The Morgan fingerprint density at radius 3 is 2.70 bits per heavy atom. The number of fused-ring (bicyclic) bond motifs is 1. The monoisotopic (exact) mass is 409 g/mol. The number of methoxy groups -OCH3 is 2. The van der Waals surface area contributed by atoms with Crippen LogP contribution in [0.2, 0.25) is 0 Å². The maximum absolute atomic E-state index is 12.8. The van der Waals surface area contributed by atoms with E-state index < -0.39 is 12.1 Å². The Balaban J connectivity index is 1.85. The molecule has 0 aliphatic rings. The molecule has 0 fully saturated rings. The Hall–Kier alpha value is -3.03. The highest BCUT2D eigenvalue weighted by Gasteiger charge is 2.19. The van der Waals surface area contributed by atoms with Crippen LogP contribution in [0, 0.1) is 0 Å². The molecule has 0 radical (unpaired) electrons. The Bertz CT molecular complexity index is 991. The number of nitrogens with zero attached hydrogens (tertiary/aromatic N) is 2. The molecule has 30 heavy (non-hydrogen) atoms. The molecule has 2 atom stereocenters. The number of nitrogens with one attached hydrogen (secondary N) is 1. The molecule has 7 nitrogen and oxygen atoms in total. The normalized spacial score (nSPS) is 13.1. The van der Waals surface area contributed by atoms with Gasteiger partial charge in [0.2, 0.25) is 5.88 Å². The first-order chi connectivity index (χ1) is 14.5. The van der Waals surface area contributed by atoms with Gasteiger partial charge in [-0.3, -0.25) is 4.79 Å². The number of benzene rings is 1. The van der Waals surface area contributed by atoms with Crippen LogP contribution < -0.4 is 10.1 Å². The standard InChI is InChI=1S/C23H27N3O4/c1-15(21(27)10-11-29-2)25-23(28)20-13-17(18-6-4-5-7-19(18)26-20)12-16-8-9-22(30-3)24-14-16/h4-9,13-15,21,27H,10-12H2,1-3H3,(H,25,28)/t15-,21-/m0/s1. The van der Waals surface area contributed by atoms with Crippen molar-refractivity contribution in [2.24, 2.45) is 0 Å². The zero-order valence-corrected chi connectivity index (χ0v) is 17.5. The van der Waals surface area contributed by atoms with Crippen LogP contribution >= 0.6 is 0 Å². The Morgan fingerprint density at radius 1 is 1.20 bits per heavy atom. The number of carbonyl (C=O) groups excluding carboxylic acids is 1. The van der Waals surface area contributed by atoms with E-state index in [2.05, 4.69) is 15.3 Å². The maximum atomic E-state index is 12.8. The van der Waals surface area contributed by atoms with Crippen LogP contribution in [0.3, 0.4) is 0 Å². The number of rotatable bonds is 9. The second-order valence-corrected chi connectivity index (χ2v) is 7.18. The van der Waals surface area contributed by atoms with E-state index in [1.165, 1.54) is 0 Å². The Labute approximate surface area is 176 Å². The van der Waals surface area contributed by atoms with Gasteiger partial charge >= 0.3 is 0 Å². The highest BCUT2D eigenvalue weighted by Crippen LogP contribution is 2.22. The molecule has 0 spiro atoms. The highest BCUT2D eigenvalue weighted by atomic mass is 16.5. The van der Waals surface area contributed by atoms with E-state index in [-0.39, 0.29) is 5.91 Å². The zero-order valence-electron chi connectivity index (χ0n) is 17.5. The first-order valence-electron chi connectivity index (χ1n) is 9.87. The molecule has 0 bridgehead atoms. The lowest BCUT2D eigenvalue weighted by atomic mass is 10.0. The van der Waals surface area contributed by atoms with Crippen molar-refractivity contribution in [3.63, 3.8) is 0 Å². The molecule has 158 valence electrons. The summed E-state index contributed by atoms with van der Waals surface area (Å²) in [5.74, 6) is 0.234. The van der Waals surface area contributed by atoms with Gasteiger partial charge < -0.3 is 19.9 Å². The molecule has 1 aromatic carbocycles. The maximum Gasteiger partial charge on any atom is 0.270 e. The number of ether oxygens (including phenoxy) is 2. The summed E-state index contributed by atoms with van der Waals surface area (Å²) in [5.41, 5.74) is 3.04. The van der Waals surface area contributed by atoms with Gasteiger partial charge in [-0.05, 0) is 43.0 Å². The van der Waals surface area contributed by atoms with E-state index in [9.17, 15) is 9.90 Å². The third-order valence-electron chi connectivity index (χ3n) is 4.99. The number of pyridine rings is 2. The van der Waals surface area contributed by atoms with Crippen molar-refractivity contribution in [2.45, 2.75) is 31.9 Å².